The molecule has 8 nitrogen and oxygen atoms in total. The summed E-state index contributed by atoms with van der Waals surface area (Å²) in [4.78, 5) is 29.4. The number of halogens is 4. The molecule has 1 N–H and O–H groups in total. The monoisotopic (exact) mass is 416 g/mol. The molecule has 12 heteroatoms. The minimum absolute atomic E-state index is 0.0427. The first kappa shape index (κ1) is 20.7. The van der Waals surface area contributed by atoms with E-state index < -0.39 is 30.1 Å². The fourth-order valence-electron chi connectivity index (χ4n) is 2.81. The number of hydrogen-bond acceptors (Lipinski definition) is 6. The SMILES string of the molecule is O=C(NCC(=O)N1CCC(OC(F)(F)F)CC1)c1noc(-c2cccc(F)c2)n1. The summed E-state index contributed by atoms with van der Waals surface area (Å²) in [6, 6.07) is 5.35. The lowest BCUT2D eigenvalue weighted by atomic mass is 10.1. The van der Waals surface area contributed by atoms with Crippen molar-refractivity contribution < 1.29 is 36.4 Å². The summed E-state index contributed by atoms with van der Waals surface area (Å²) in [7, 11) is 0. The molecule has 0 bridgehead atoms. The highest BCUT2D eigenvalue weighted by Crippen LogP contribution is 2.24. The molecule has 1 fully saturated rings. The Labute approximate surface area is 161 Å². The summed E-state index contributed by atoms with van der Waals surface area (Å²) in [6.07, 6.45) is -5.61. The number of likely N-dealkylation sites (tertiary alicyclic amines) is 1. The van der Waals surface area contributed by atoms with Gasteiger partial charge in [0.15, 0.2) is 0 Å². The lowest BCUT2D eigenvalue weighted by Gasteiger charge is -2.32. The molecule has 0 atom stereocenters. The lowest BCUT2D eigenvalue weighted by molar-refractivity contribution is -0.345. The summed E-state index contributed by atoms with van der Waals surface area (Å²) in [5.41, 5.74) is 0.288. The average molecular weight is 416 g/mol. The first-order valence-electron chi connectivity index (χ1n) is 8.61. The summed E-state index contributed by atoms with van der Waals surface area (Å²) >= 11 is 0. The van der Waals surface area contributed by atoms with Crippen LogP contribution in [0.25, 0.3) is 11.5 Å². The van der Waals surface area contributed by atoms with Crippen molar-refractivity contribution in [2.45, 2.75) is 25.3 Å². The highest BCUT2D eigenvalue weighted by atomic mass is 19.4. The van der Waals surface area contributed by atoms with E-state index in [1.165, 1.54) is 23.1 Å². The van der Waals surface area contributed by atoms with E-state index in [4.69, 9.17) is 4.52 Å². The third kappa shape index (κ3) is 5.73. The molecule has 1 saturated heterocycles. The van der Waals surface area contributed by atoms with Crippen LogP contribution in [0.2, 0.25) is 0 Å². The van der Waals surface area contributed by atoms with Crippen LogP contribution in [0, 0.1) is 5.82 Å². The Hall–Kier alpha value is -3.02. The van der Waals surface area contributed by atoms with Crippen LogP contribution >= 0.6 is 0 Å². The zero-order valence-corrected chi connectivity index (χ0v) is 14.9. The Morgan fingerprint density at radius 3 is 2.66 bits per heavy atom. The van der Waals surface area contributed by atoms with Gasteiger partial charge in [-0.1, -0.05) is 11.2 Å². The van der Waals surface area contributed by atoms with Crippen LogP contribution in [0.4, 0.5) is 17.6 Å². The Kier molecular flexibility index (Phi) is 6.11. The molecule has 1 aromatic heterocycles. The van der Waals surface area contributed by atoms with Gasteiger partial charge in [0, 0.05) is 18.7 Å². The molecule has 1 aliphatic heterocycles. The van der Waals surface area contributed by atoms with Crippen molar-refractivity contribution in [1.82, 2.24) is 20.4 Å². The van der Waals surface area contributed by atoms with Gasteiger partial charge in [-0.2, -0.15) is 4.98 Å². The second-order valence-corrected chi connectivity index (χ2v) is 6.26. The number of ether oxygens (including phenoxy) is 1. The normalized spacial score (nSPS) is 15.4. The summed E-state index contributed by atoms with van der Waals surface area (Å²) in [6.45, 7) is -0.212. The van der Waals surface area contributed by atoms with Gasteiger partial charge in [0.05, 0.1) is 12.6 Å². The molecular weight excluding hydrogens is 400 g/mol. The lowest BCUT2D eigenvalue weighted by Crippen LogP contribution is -2.46. The third-order valence-electron chi connectivity index (χ3n) is 4.20. The van der Waals surface area contributed by atoms with Crippen molar-refractivity contribution in [1.29, 1.82) is 0 Å². The molecule has 0 spiro atoms. The maximum absolute atomic E-state index is 13.2. The van der Waals surface area contributed by atoms with Gasteiger partial charge in [0.25, 0.3) is 17.6 Å². The molecule has 2 heterocycles. The molecule has 29 heavy (non-hydrogen) atoms. The molecule has 0 saturated carbocycles. The van der Waals surface area contributed by atoms with Crippen LogP contribution in [0.3, 0.4) is 0 Å². The minimum Gasteiger partial charge on any atom is -0.341 e. The molecule has 1 aromatic carbocycles. The molecular formula is C17H16F4N4O4. The molecule has 0 aliphatic carbocycles. The topological polar surface area (TPSA) is 97.6 Å². The fraction of sp³-hybridized carbons (Fsp3) is 0.412. The van der Waals surface area contributed by atoms with Gasteiger partial charge >= 0.3 is 6.36 Å². The van der Waals surface area contributed by atoms with Crippen LogP contribution in [-0.2, 0) is 9.53 Å². The van der Waals surface area contributed by atoms with Gasteiger partial charge in [0.1, 0.15) is 5.82 Å². The van der Waals surface area contributed by atoms with E-state index in [0.717, 1.165) is 6.07 Å². The number of benzene rings is 1. The van der Waals surface area contributed by atoms with Crippen LogP contribution in [-0.4, -0.2) is 59.0 Å². The summed E-state index contributed by atoms with van der Waals surface area (Å²) in [5, 5.41) is 5.81. The number of amides is 2. The first-order chi connectivity index (χ1) is 13.7. The van der Waals surface area contributed by atoms with Gasteiger partial charge < -0.3 is 14.7 Å². The predicted molar refractivity (Wildman–Crippen MR) is 88.8 cm³/mol. The highest BCUT2D eigenvalue weighted by Gasteiger charge is 2.35. The van der Waals surface area contributed by atoms with E-state index >= 15 is 0 Å². The van der Waals surface area contributed by atoms with E-state index in [0.29, 0.717) is 0 Å². The molecule has 2 aromatic rings. The summed E-state index contributed by atoms with van der Waals surface area (Å²) < 4.78 is 58.7. The van der Waals surface area contributed by atoms with Crippen LogP contribution < -0.4 is 5.32 Å². The summed E-state index contributed by atoms with van der Waals surface area (Å²) in [5.74, 6) is -2.15. The average Bonchev–Trinajstić information content (AvgIpc) is 3.15. The number of rotatable bonds is 5. The number of alkyl halides is 3. The predicted octanol–water partition coefficient (Wildman–Crippen LogP) is 2.13. The van der Waals surface area contributed by atoms with E-state index in [2.05, 4.69) is 20.2 Å². The fourth-order valence-corrected chi connectivity index (χ4v) is 2.81. The van der Waals surface area contributed by atoms with Crippen molar-refractivity contribution in [3.8, 4) is 11.5 Å². The van der Waals surface area contributed by atoms with E-state index in [9.17, 15) is 27.2 Å². The van der Waals surface area contributed by atoms with Gasteiger partial charge in [0.2, 0.25) is 5.91 Å². The number of carbonyl (C=O) groups is 2. The zero-order chi connectivity index (χ0) is 21.0. The van der Waals surface area contributed by atoms with Crippen molar-refractivity contribution >= 4 is 11.8 Å². The number of nitrogens with zero attached hydrogens (tertiary/aromatic N) is 3. The molecule has 0 radical (unpaired) electrons. The molecule has 1 aliphatic rings. The molecule has 0 unspecified atom stereocenters. The maximum Gasteiger partial charge on any atom is 0.522 e. The van der Waals surface area contributed by atoms with E-state index in [1.54, 1.807) is 0 Å². The van der Waals surface area contributed by atoms with Gasteiger partial charge in [-0.3, -0.25) is 14.3 Å². The van der Waals surface area contributed by atoms with Crippen LogP contribution in [0.15, 0.2) is 28.8 Å². The molecule has 3 rings (SSSR count). The number of nitrogens with one attached hydrogen (secondary N) is 1. The highest BCUT2D eigenvalue weighted by molar-refractivity contribution is 5.93. The Morgan fingerprint density at radius 1 is 1.28 bits per heavy atom. The second-order valence-electron chi connectivity index (χ2n) is 6.26. The van der Waals surface area contributed by atoms with Crippen molar-refractivity contribution in [3.05, 3.63) is 35.9 Å². The largest absolute Gasteiger partial charge is 0.522 e. The zero-order valence-electron chi connectivity index (χ0n) is 14.9. The van der Waals surface area contributed by atoms with Crippen LogP contribution in [0.1, 0.15) is 23.5 Å². The number of piperidine rings is 1. The van der Waals surface area contributed by atoms with Gasteiger partial charge in [-0.15, -0.1) is 13.2 Å². The second kappa shape index (κ2) is 8.55. The molecule has 156 valence electrons. The van der Waals surface area contributed by atoms with Crippen LogP contribution in [0.5, 0.6) is 0 Å². The number of carbonyl (C=O) groups excluding carboxylic acids is 2. The van der Waals surface area contributed by atoms with E-state index in [-0.39, 0.29) is 49.8 Å². The van der Waals surface area contributed by atoms with E-state index in [1.807, 2.05) is 0 Å². The van der Waals surface area contributed by atoms with Crippen molar-refractivity contribution in [2.75, 3.05) is 19.6 Å². The Morgan fingerprint density at radius 2 is 2.00 bits per heavy atom. The Bertz CT molecular complexity index is 878. The molecule has 2 amide bonds. The van der Waals surface area contributed by atoms with Gasteiger partial charge in [-0.25, -0.2) is 4.39 Å². The minimum atomic E-state index is -4.71. The standard InChI is InChI=1S/C17H16F4N4O4/c18-11-3-1-2-10(8-11)16-23-14(24-29-16)15(27)22-9-13(26)25-6-4-12(5-7-25)28-17(19,20)21/h1-3,8,12H,4-7,9H2,(H,22,27). The van der Waals surface area contributed by atoms with Crippen molar-refractivity contribution in [2.24, 2.45) is 0 Å². The Balaban J connectivity index is 1.48. The smallest absolute Gasteiger partial charge is 0.341 e. The van der Waals surface area contributed by atoms with Crippen molar-refractivity contribution in [3.63, 3.8) is 0 Å². The van der Waals surface area contributed by atoms with Gasteiger partial charge in [-0.05, 0) is 31.0 Å². The third-order valence-corrected chi connectivity index (χ3v) is 4.20. The quantitative estimate of drug-likeness (QED) is 0.750. The first-order valence-corrected chi connectivity index (χ1v) is 8.61. The number of hydrogen-bond donors (Lipinski definition) is 1. The number of aromatic nitrogens is 2. The maximum atomic E-state index is 13.2.